The third-order valence-corrected chi connectivity index (χ3v) is 7.70. The van der Waals surface area contributed by atoms with Crippen LogP contribution in [0, 0.1) is 6.92 Å². The summed E-state index contributed by atoms with van der Waals surface area (Å²) in [6.45, 7) is 8.50. The Bertz CT molecular complexity index is 1100. The van der Waals surface area contributed by atoms with Crippen LogP contribution in [0.3, 0.4) is 0 Å². The standard InChI is InChI=1S/C26H29N3O2S2/c1-18(2)20-4-6-21(7-5-20)25(30)28-12-14-29(15-13-28)26(31)22-8-10-24(11-9-22)33-17-23-16-32-19(3)27-23/h4-11,16,18H,12-15,17H2,1-3H3. The normalized spacial score (nSPS) is 14.1. The van der Waals surface area contributed by atoms with Gasteiger partial charge in [0.25, 0.3) is 11.8 Å². The SMILES string of the molecule is Cc1nc(CSc2ccc(C(=O)N3CCN(C(=O)c4ccc(C(C)C)cc4)CC3)cc2)cs1. The van der Waals surface area contributed by atoms with Gasteiger partial charge in [-0.2, -0.15) is 0 Å². The van der Waals surface area contributed by atoms with Gasteiger partial charge in [-0.3, -0.25) is 9.59 Å². The summed E-state index contributed by atoms with van der Waals surface area (Å²) >= 11 is 3.39. The molecule has 0 radical (unpaired) electrons. The van der Waals surface area contributed by atoms with Gasteiger partial charge in [-0.15, -0.1) is 23.1 Å². The first-order valence-electron chi connectivity index (χ1n) is 11.2. The average molecular weight is 480 g/mol. The smallest absolute Gasteiger partial charge is 0.253 e. The zero-order chi connectivity index (χ0) is 23.4. The molecule has 1 aromatic heterocycles. The molecule has 1 saturated heterocycles. The Labute approximate surface area is 203 Å². The minimum Gasteiger partial charge on any atom is -0.335 e. The zero-order valence-corrected chi connectivity index (χ0v) is 20.9. The average Bonchev–Trinajstić information content (AvgIpc) is 3.27. The van der Waals surface area contributed by atoms with E-state index in [0.717, 1.165) is 21.3 Å². The van der Waals surface area contributed by atoms with Gasteiger partial charge in [0.1, 0.15) is 0 Å². The lowest BCUT2D eigenvalue weighted by atomic mass is 10.0. The highest BCUT2D eigenvalue weighted by Gasteiger charge is 2.25. The van der Waals surface area contributed by atoms with Crippen LogP contribution in [-0.4, -0.2) is 52.8 Å². The molecule has 2 heterocycles. The fourth-order valence-corrected chi connectivity index (χ4v) is 5.32. The fourth-order valence-electron chi connectivity index (χ4n) is 3.81. The Morgan fingerprint density at radius 1 is 0.909 bits per heavy atom. The van der Waals surface area contributed by atoms with Crippen LogP contribution in [-0.2, 0) is 5.75 Å². The summed E-state index contributed by atoms with van der Waals surface area (Å²) < 4.78 is 0. The third-order valence-electron chi connectivity index (χ3n) is 5.83. The molecular weight excluding hydrogens is 450 g/mol. The molecule has 1 aliphatic heterocycles. The van der Waals surface area contributed by atoms with Crippen LogP contribution in [0.1, 0.15) is 56.7 Å². The second-order valence-corrected chi connectivity index (χ2v) is 10.6. The minimum atomic E-state index is 0.0232. The van der Waals surface area contributed by atoms with E-state index in [9.17, 15) is 9.59 Å². The van der Waals surface area contributed by atoms with Crippen molar-refractivity contribution in [2.75, 3.05) is 26.2 Å². The number of amides is 2. The molecule has 172 valence electrons. The summed E-state index contributed by atoms with van der Waals surface area (Å²) in [6, 6.07) is 15.6. The van der Waals surface area contributed by atoms with Crippen molar-refractivity contribution >= 4 is 34.9 Å². The van der Waals surface area contributed by atoms with Crippen molar-refractivity contribution < 1.29 is 9.59 Å². The first kappa shape index (κ1) is 23.5. The molecule has 0 saturated carbocycles. The van der Waals surface area contributed by atoms with E-state index in [-0.39, 0.29) is 11.8 Å². The maximum absolute atomic E-state index is 12.9. The highest BCUT2D eigenvalue weighted by molar-refractivity contribution is 7.98. The number of rotatable bonds is 6. The van der Waals surface area contributed by atoms with Gasteiger partial charge >= 0.3 is 0 Å². The Morgan fingerprint density at radius 3 is 1.88 bits per heavy atom. The predicted molar refractivity (Wildman–Crippen MR) is 135 cm³/mol. The van der Waals surface area contributed by atoms with Crippen LogP contribution in [0.25, 0.3) is 0 Å². The zero-order valence-electron chi connectivity index (χ0n) is 19.3. The van der Waals surface area contributed by atoms with Gasteiger partial charge in [0.2, 0.25) is 0 Å². The van der Waals surface area contributed by atoms with E-state index in [0.29, 0.717) is 43.2 Å². The quantitative estimate of drug-likeness (QED) is 0.440. The third kappa shape index (κ3) is 5.84. The Balaban J connectivity index is 1.29. The lowest BCUT2D eigenvalue weighted by Crippen LogP contribution is -2.50. The van der Waals surface area contributed by atoms with Crippen molar-refractivity contribution in [2.45, 2.75) is 37.3 Å². The minimum absolute atomic E-state index is 0.0232. The summed E-state index contributed by atoms with van der Waals surface area (Å²) in [7, 11) is 0. The first-order valence-corrected chi connectivity index (χ1v) is 13.1. The summed E-state index contributed by atoms with van der Waals surface area (Å²) in [4.78, 5) is 35.1. The first-order chi connectivity index (χ1) is 15.9. The Hall–Kier alpha value is -2.64. The van der Waals surface area contributed by atoms with Gasteiger partial charge in [-0.25, -0.2) is 4.98 Å². The number of carbonyl (C=O) groups excluding carboxylic acids is 2. The van der Waals surface area contributed by atoms with Gasteiger partial charge in [0.15, 0.2) is 0 Å². The van der Waals surface area contributed by atoms with E-state index in [1.165, 1.54) is 5.56 Å². The van der Waals surface area contributed by atoms with E-state index in [2.05, 4.69) is 24.2 Å². The molecule has 3 aromatic rings. The summed E-state index contributed by atoms with van der Waals surface area (Å²) in [6.07, 6.45) is 0. The molecule has 1 fully saturated rings. The van der Waals surface area contributed by atoms with E-state index in [1.54, 1.807) is 23.1 Å². The molecule has 7 heteroatoms. The molecule has 33 heavy (non-hydrogen) atoms. The van der Waals surface area contributed by atoms with Crippen LogP contribution in [0.4, 0.5) is 0 Å². The summed E-state index contributed by atoms with van der Waals surface area (Å²) in [5, 5.41) is 3.17. The maximum Gasteiger partial charge on any atom is 0.253 e. The number of thiazole rings is 1. The number of nitrogens with zero attached hydrogens (tertiary/aromatic N) is 3. The van der Waals surface area contributed by atoms with E-state index >= 15 is 0 Å². The van der Waals surface area contributed by atoms with Crippen molar-refractivity contribution in [2.24, 2.45) is 0 Å². The number of aryl methyl sites for hydroxylation is 1. The van der Waals surface area contributed by atoms with Crippen LogP contribution in [0.5, 0.6) is 0 Å². The van der Waals surface area contributed by atoms with Crippen molar-refractivity contribution in [1.29, 1.82) is 0 Å². The molecular formula is C26H29N3O2S2. The summed E-state index contributed by atoms with van der Waals surface area (Å²) in [5.41, 5.74) is 3.71. The van der Waals surface area contributed by atoms with E-state index in [4.69, 9.17) is 0 Å². The van der Waals surface area contributed by atoms with Gasteiger partial charge < -0.3 is 9.80 Å². The van der Waals surface area contributed by atoms with Crippen LogP contribution >= 0.6 is 23.1 Å². The number of piperazine rings is 1. The topological polar surface area (TPSA) is 53.5 Å². The fraction of sp³-hybridized carbons (Fsp3) is 0.346. The van der Waals surface area contributed by atoms with Crippen molar-refractivity contribution in [1.82, 2.24) is 14.8 Å². The number of carbonyl (C=O) groups is 2. The molecule has 0 unspecified atom stereocenters. The highest BCUT2D eigenvalue weighted by atomic mass is 32.2. The monoisotopic (exact) mass is 479 g/mol. The Kier molecular flexibility index (Phi) is 7.50. The van der Waals surface area contributed by atoms with Crippen molar-refractivity contribution in [3.05, 3.63) is 81.3 Å². The molecule has 0 atom stereocenters. The molecule has 1 aliphatic rings. The molecule has 5 nitrogen and oxygen atoms in total. The molecule has 2 amide bonds. The Morgan fingerprint density at radius 2 is 1.42 bits per heavy atom. The van der Waals surface area contributed by atoms with Gasteiger partial charge in [-0.05, 0) is 54.8 Å². The lowest BCUT2D eigenvalue weighted by molar-refractivity contribution is 0.0535. The number of thioether (sulfide) groups is 1. The van der Waals surface area contributed by atoms with Gasteiger partial charge in [-0.1, -0.05) is 26.0 Å². The number of hydrogen-bond acceptors (Lipinski definition) is 5. The maximum atomic E-state index is 12.9. The largest absolute Gasteiger partial charge is 0.335 e. The second kappa shape index (κ2) is 10.5. The lowest BCUT2D eigenvalue weighted by Gasteiger charge is -2.35. The molecule has 0 aliphatic carbocycles. The van der Waals surface area contributed by atoms with E-state index < -0.39 is 0 Å². The van der Waals surface area contributed by atoms with Crippen molar-refractivity contribution in [3.63, 3.8) is 0 Å². The van der Waals surface area contributed by atoms with Crippen LogP contribution < -0.4 is 0 Å². The highest BCUT2D eigenvalue weighted by Crippen LogP contribution is 2.24. The number of hydrogen-bond donors (Lipinski definition) is 0. The summed E-state index contributed by atoms with van der Waals surface area (Å²) in [5.74, 6) is 1.33. The molecule has 0 spiro atoms. The van der Waals surface area contributed by atoms with Gasteiger partial charge in [0.05, 0.1) is 10.7 Å². The number of aromatic nitrogens is 1. The van der Waals surface area contributed by atoms with Crippen LogP contribution in [0.2, 0.25) is 0 Å². The van der Waals surface area contributed by atoms with E-state index in [1.807, 2.05) is 65.3 Å². The second-order valence-electron chi connectivity index (χ2n) is 8.53. The molecule has 4 rings (SSSR count). The van der Waals surface area contributed by atoms with Crippen molar-refractivity contribution in [3.8, 4) is 0 Å². The number of benzene rings is 2. The van der Waals surface area contributed by atoms with Gasteiger partial charge in [0, 0.05) is 53.3 Å². The predicted octanol–water partition coefficient (Wildman–Crippen LogP) is 5.47. The van der Waals surface area contributed by atoms with Crippen LogP contribution in [0.15, 0.2) is 58.8 Å². The molecule has 0 N–H and O–H groups in total. The molecule has 2 aromatic carbocycles. The molecule has 0 bridgehead atoms.